The molecule has 0 rings (SSSR count). The van der Waals surface area contributed by atoms with Gasteiger partial charge in [0.05, 0.1) is 39.6 Å². The number of ketones is 4. The van der Waals surface area contributed by atoms with Gasteiger partial charge in [0.2, 0.25) is 35.4 Å². The molecular formula is C83H160N6O14. The van der Waals surface area contributed by atoms with E-state index in [0.717, 1.165) is 172 Å². The van der Waals surface area contributed by atoms with E-state index >= 15 is 0 Å². The minimum atomic E-state index is -0.0212. The van der Waals surface area contributed by atoms with Gasteiger partial charge in [-0.15, -0.1) is 0 Å². The molecule has 0 heterocycles. The Morgan fingerprint density at radius 2 is 0.417 bits per heavy atom. The van der Waals surface area contributed by atoms with Gasteiger partial charge >= 0.3 is 0 Å². The van der Waals surface area contributed by atoms with Crippen molar-refractivity contribution in [3.05, 3.63) is 0 Å². The summed E-state index contributed by atoms with van der Waals surface area (Å²) in [6.45, 7) is 40.7. The Labute approximate surface area is 629 Å². The van der Waals surface area contributed by atoms with Gasteiger partial charge in [-0.25, -0.2) is 0 Å². The van der Waals surface area contributed by atoms with Crippen LogP contribution >= 0.6 is 0 Å². The molecule has 0 radical (unpaired) electrons. The predicted octanol–water partition coefficient (Wildman–Crippen LogP) is 15.9. The van der Waals surface area contributed by atoms with E-state index in [1.807, 2.05) is 55.4 Å². The van der Waals surface area contributed by atoms with Crippen LogP contribution in [-0.4, -0.2) is 151 Å². The van der Waals surface area contributed by atoms with Gasteiger partial charge in [0, 0.05) is 140 Å². The molecule has 0 saturated heterocycles. The Kier molecular flexibility index (Phi) is 78.2. The van der Waals surface area contributed by atoms with E-state index < -0.39 is 0 Å². The molecule has 103 heavy (non-hydrogen) atoms. The Morgan fingerprint density at radius 1 is 0.204 bits per heavy atom. The predicted molar refractivity (Wildman–Crippen MR) is 422 cm³/mol. The molecule has 20 nitrogen and oxygen atoms in total. The molecule has 0 aromatic heterocycles. The van der Waals surface area contributed by atoms with Crippen molar-refractivity contribution < 1.29 is 66.9 Å². The molecular weight excluding hydrogens is 1300 g/mol. The summed E-state index contributed by atoms with van der Waals surface area (Å²) in [7, 11) is 0. The highest BCUT2D eigenvalue weighted by Gasteiger charge is 2.12. The van der Waals surface area contributed by atoms with Gasteiger partial charge in [-0.05, 0) is 114 Å². The lowest BCUT2D eigenvalue weighted by Crippen LogP contribution is -2.31. The highest BCUT2D eigenvalue weighted by atomic mass is 16.5. The molecule has 6 N–H and O–H groups in total. The van der Waals surface area contributed by atoms with Crippen LogP contribution in [0.25, 0.3) is 0 Å². The second-order valence-corrected chi connectivity index (χ2v) is 30.7. The molecule has 0 spiro atoms. The van der Waals surface area contributed by atoms with Crippen LogP contribution in [0.3, 0.4) is 0 Å². The average Bonchev–Trinajstić information content (AvgIpc) is 2.54. The second kappa shape index (κ2) is 77.0. The molecule has 0 aromatic carbocycles. The van der Waals surface area contributed by atoms with Crippen LogP contribution in [0.15, 0.2) is 0 Å². The normalized spacial score (nSPS) is 11.1. The zero-order valence-electron chi connectivity index (χ0n) is 69.0. The van der Waals surface area contributed by atoms with Gasteiger partial charge in [0.1, 0.15) is 23.1 Å². The number of carbonyl (C=O) groups excluding carboxylic acids is 10. The van der Waals surface area contributed by atoms with Gasteiger partial charge in [0.15, 0.2) is 0 Å². The largest absolute Gasteiger partial charge is 0.379 e. The molecule has 0 aliphatic heterocycles. The van der Waals surface area contributed by atoms with Crippen molar-refractivity contribution >= 4 is 58.6 Å². The highest BCUT2D eigenvalue weighted by molar-refractivity contribution is 5.81. The number of hydrogen-bond acceptors (Lipinski definition) is 14. The Hall–Kier alpha value is -4.66. The van der Waals surface area contributed by atoms with Crippen LogP contribution in [0, 0.1) is 47.3 Å². The Balaban J connectivity index is -0.000000646. The SMILES string of the molecule is CC(C)CCCCC(=O)CCCCCCC(=O)NCCCCCC(=O)CCCNC(=O)C(C)C.CC(C)CCCCC(=O)CCCOCCOCCNC(=O)C(C)C.CC(C)CCCCC(=O)CCCOCCOCCNC(=O)C(C)C.CC(C)CCCCC(=O)NCCCCCNC(=O)C(C)C. The summed E-state index contributed by atoms with van der Waals surface area (Å²) < 4.78 is 21.6. The topological polar surface area (TPSA) is 280 Å². The van der Waals surface area contributed by atoms with Crippen LogP contribution < -0.4 is 31.9 Å². The number of ether oxygens (including phenoxy) is 4. The van der Waals surface area contributed by atoms with E-state index in [9.17, 15) is 47.9 Å². The average molecular weight is 1470 g/mol. The summed E-state index contributed by atoms with van der Waals surface area (Å²) in [5.41, 5.74) is 0. The van der Waals surface area contributed by atoms with Gasteiger partial charge in [0.25, 0.3) is 0 Å². The maximum Gasteiger partial charge on any atom is 0.222 e. The zero-order valence-corrected chi connectivity index (χ0v) is 69.0. The third-order valence-corrected chi connectivity index (χ3v) is 16.8. The summed E-state index contributed by atoms with van der Waals surface area (Å²) in [4.78, 5) is 116. The zero-order chi connectivity index (χ0) is 78.1. The molecule has 0 aliphatic rings. The van der Waals surface area contributed by atoms with E-state index in [1.54, 1.807) is 0 Å². The fraction of sp³-hybridized carbons (Fsp3) is 0.880. The summed E-state index contributed by atoms with van der Waals surface area (Å²) in [5.74, 6) is 4.77. The first-order valence-corrected chi connectivity index (χ1v) is 41.0. The van der Waals surface area contributed by atoms with E-state index in [0.29, 0.717) is 161 Å². The van der Waals surface area contributed by atoms with Gasteiger partial charge in [-0.1, -0.05) is 181 Å². The van der Waals surface area contributed by atoms with Crippen LogP contribution in [-0.2, 0) is 66.9 Å². The van der Waals surface area contributed by atoms with Crippen LogP contribution in [0.2, 0.25) is 0 Å². The van der Waals surface area contributed by atoms with Crippen molar-refractivity contribution in [3.8, 4) is 0 Å². The lowest BCUT2D eigenvalue weighted by Gasteiger charge is -2.08. The maximum absolute atomic E-state index is 11.9. The summed E-state index contributed by atoms with van der Waals surface area (Å²) in [6, 6.07) is 0. The third kappa shape index (κ3) is 87.9. The molecule has 20 heteroatoms. The van der Waals surface area contributed by atoms with Crippen molar-refractivity contribution in [1.82, 2.24) is 31.9 Å². The van der Waals surface area contributed by atoms with Crippen LogP contribution in [0.4, 0.5) is 0 Å². The first kappa shape index (κ1) is 105. The number of rotatable bonds is 67. The van der Waals surface area contributed by atoms with E-state index in [-0.39, 0.29) is 64.9 Å². The first-order chi connectivity index (χ1) is 49.0. The summed E-state index contributed by atoms with van der Waals surface area (Å²) >= 11 is 0. The maximum atomic E-state index is 11.9. The molecule has 0 aliphatic carbocycles. The molecule has 0 atom stereocenters. The summed E-state index contributed by atoms with van der Waals surface area (Å²) in [5, 5.41) is 17.2. The monoisotopic (exact) mass is 1470 g/mol. The van der Waals surface area contributed by atoms with E-state index in [1.165, 1.54) is 25.7 Å². The minimum absolute atomic E-state index is 0.00579. The number of Topliss-reactive ketones (excluding diaryl/α,β-unsaturated/α-hetero) is 4. The van der Waals surface area contributed by atoms with Crippen LogP contribution in [0.1, 0.15) is 336 Å². The number of hydrogen-bond donors (Lipinski definition) is 6. The molecule has 0 saturated carbocycles. The van der Waals surface area contributed by atoms with Crippen molar-refractivity contribution in [2.24, 2.45) is 47.3 Å². The standard InChI is InChI=1S/C28H52N2O4.2C19H37NO4.C17H34N2O2/c1-23(2)15-11-12-18-25(31)16-8-5-6-10-20-27(33)29-21-13-7-9-17-26(32)19-14-22-30-28(34)24(3)4;2*1-16(2)8-5-6-9-18(21)10-7-12-23-14-15-24-13-11-20-19(22)17(3)4;1-14(2)10-6-7-11-16(20)18-12-8-5-9-13-19-17(21)15(3)4/h23-24H,5-22H2,1-4H3,(H,29,33)(H,30,34);2*16-17H,5-15H2,1-4H3,(H,20,22);14-15H,5-13H2,1-4H3,(H,18,20)(H,19,21). The first-order valence-electron chi connectivity index (χ1n) is 41.0. The van der Waals surface area contributed by atoms with Gasteiger partial charge in [-0.2, -0.15) is 0 Å². The van der Waals surface area contributed by atoms with Crippen molar-refractivity contribution in [1.29, 1.82) is 0 Å². The van der Waals surface area contributed by atoms with Crippen molar-refractivity contribution in [2.45, 2.75) is 336 Å². The number of unbranched alkanes of at least 4 members (excludes halogenated alkanes) is 11. The number of carbonyl (C=O) groups is 10. The quantitative estimate of drug-likeness (QED) is 0.0309. The fourth-order valence-corrected chi connectivity index (χ4v) is 10.0. The molecule has 0 bridgehead atoms. The lowest BCUT2D eigenvalue weighted by atomic mass is 10.0. The minimum Gasteiger partial charge on any atom is -0.379 e. The van der Waals surface area contributed by atoms with E-state index in [4.69, 9.17) is 18.9 Å². The van der Waals surface area contributed by atoms with E-state index in [2.05, 4.69) is 87.3 Å². The molecule has 6 amide bonds. The molecule has 0 aromatic rings. The van der Waals surface area contributed by atoms with Gasteiger partial charge in [-0.3, -0.25) is 47.9 Å². The van der Waals surface area contributed by atoms with Crippen molar-refractivity contribution in [3.63, 3.8) is 0 Å². The lowest BCUT2D eigenvalue weighted by molar-refractivity contribution is -0.125. The Bertz CT molecular complexity index is 2020. The van der Waals surface area contributed by atoms with Gasteiger partial charge < -0.3 is 50.8 Å². The molecule has 606 valence electrons. The smallest absolute Gasteiger partial charge is 0.222 e. The van der Waals surface area contributed by atoms with Crippen molar-refractivity contribution in [2.75, 3.05) is 92.1 Å². The molecule has 0 fully saturated rings. The third-order valence-electron chi connectivity index (χ3n) is 16.8. The number of amides is 6. The summed E-state index contributed by atoms with van der Waals surface area (Å²) in [6.07, 6.45) is 31.5. The Morgan fingerprint density at radius 3 is 0.718 bits per heavy atom. The van der Waals surface area contributed by atoms with Crippen LogP contribution in [0.5, 0.6) is 0 Å². The fourth-order valence-electron chi connectivity index (χ4n) is 10.0. The number of nitrogens with one attached hydrogen (secondary N) is 6. The second-order valence-electron chi connectivity index (χ2n) is 30.7. The highest BCUT2D eigenvalue weighted by Crippen LogP contribution is 2.15. The molecule has 0 unspecified atom stereocenters.